The van der Waals surface area contributed by atoms with Crippen molar-refractivity contribution < 1.29 is 19.0 Å². The summed E-state index contributed by atoms with van der Waals surface area (Å²) in [7, 11) is 3.18. The number of carbonyl (C=O) groups is 1. The maximum absolute atomic E-state index is 12.4. The van der Waals surface area contributed by atoms with Crippen molar-refractivity contribution in [3.05, 3.63) is 66.0 Å². The van der Waals surface area contributed by atoms with Crippen LogP contribution in [0, 0.1) is 0 Å². The van der Waals surface area contributed by atoms with E-state index in [1.165, 1.54) is 0 Å². The Kier molecular flexibility index (Phi) is 6.21. The second kappa shape index (κ2) is 9.38. The van der Waals surface area contributed by atoms with Gasteiger partial charge in [0.15, 0.2) is 11.5 Å². The molecule has 1 aliphatic rings. The van der Waals surface area contributed by atoms with Gasteiger partial charge in [-0.15, -0.1) is 5.10 Å². The van der Waals surface area contributed by atoms with Gasteiger partial charge in [-0.1, -0.05) is 29.5 Å². The molecule has 1 saturated heterocycles. The fraction of sp³-hybridized carbons (Fsp3) is 0.318. The van der Waals surface area contributed by atoms with E-state index in [0.717, 1.165) is 17.0 Å². The molecule has 3 aromatic rings. The lowest BCUT2D eigenvalue weighted by atomic mass is 10.1. The topological polar surface area (TPSA) is 90.7 Å². The van der Waals surface area contributed by atoms with E-state index >= 15 is 0 Å². The first-order valence-electron chi connectivity index (χ1n) is 9.98. The van der Waals surface area contributed by atoms with Crippen molar-refractivity contribution in [2.75, 3.05) is 27.3 Å². The second-order valence-electron chi connectivity index (χ2n) is 7.20. The normalized spacial score (nSPS) is 13.4. The first kappa shape index (κ1) is 20.5. The second-order valence-corrected chi connectivity index (χ2v) is 7.20. The van der Waals surface area contributed by atoms with Gasteiger partial charge in [-0.05, 0) is 29.8 Å². The number of nitrogens with zero attached hydrogens (tertiary/aromatic N) is 4. The molecule has 0 unspecified atom stereocenters. The van der Waals surface area contributed by atoms with Crippen molar-refractivity contribution in [1.82, 2.24) is 25.2 Å². The lowest BCUT2D eigenvalue weighted by Gasteiger charge is -2.38. The van der Waals surface area contributed by atoms with Gasteiger partial charge in [0.25, 0.3) is 0 Å². The van der Waals surface area contributed by atoms with E-state index in [2.05, 4.69) is 15.6 Å². The van der Waals surface area contributed by atoms with Crippen molar-refractivity contribution in [1.29, 1.82) is 0 Å². The Bertz CT molecular complexity index is 1020. The third-order valence-corrected chi connectivity index (χ3v) is 5.10. The zero-order valence-corrected chi connectivity index (χ0v) is 17.5. The van der Waals surface area contributed by atoms with Crippen LogP contribution in [0.2, 0.25) is 0 Å². The van der Waals surface area contributed by atoms with E-state index in [-0.39, 0.29) is 12.1 Å². The summed E-state index contributed by atoms with van der Waals surface area (Å²) < 4.78 is 18.0. The summed E-state index contributed by atoms with van der Waals surface area (Å²) in [6.45, 7) is 1.93. The van der Waals surface area contributed by atoms with E-state index in [1.807, 2.05) is 54.7 Å². The summed E-state index contributed by atoms with van der Waals surface area (Å²) in [5, 5.41) is 11.3. The number of ether oxygens (including phenoxy) is 3. The van der Waals surface area contributed by atoms with Crippen molar-refractivity contribution in [2.45, 2.75) is 19.2 Å². The minimum Gasteiger partial charge on any atom is -0.493 e. The molecule has 1 fully saturated rings. The molecule has 2 aromatic carbocycles. The van der Waals surface area contributed by atoms with Gasteiger partial charge in [0.2, 0.25) is 0 Å². The van der Waals surface area contributed by atoms with Gasteiger partial charge in [0.1, 0.15) is 18.1 Å². The van der Waals surface area contributed by atoms with Gasteiger partial charge < -0.3 is 24.4 Å². The highest BCUT2D eigenvalue weighted by Gasteiger charge is 2.32. The molecule has 0 aliphatic carbocycles. The van der Waals surface area contributed by atoms with Crippen LogP contribution in [0.5, 0.6) is 17.2 Å². The van der Waals surface area contributed by atoms with E-state index < -0.39 is 0 Å². The third kappa shape index (κ3) is 4.88. The Labute approximate surface area is 180 Å². The van der Waals surface area contributed by atoms with Crippen LogP contribution in [-0.4, -0.2) is 53.2 Å². The van der Waals surface area contributed by atoms with Gasteiger partial charge >= 0.3 is 6.03 Å². The van der Waals surface area contributed by atoms with Crippen LogP contribution in [0.1, 0.15) is 17.3 Å². The summed E-state index contributed by atoms with van der Waals surface area (Å²) in [5.74, 6) is 2.08. The SMILES string of the molecule is COc1ccc(CNC(=O)N2CC(n3cc(COc4ccccc4)nn3)C2)cc1OC. The standard InChI is InChI=1S/C22H25N5O4/c1-29-20-9-8-16(10-21(20)30-2)11-23-22(28)26-13-18(14-26)27-12-17(24-25-27)15-31-19-6-4-3-5-7-19/h3-10,12,18H,11,13-15H2,1-2H3,(H,23,28). The lowest BCUT2D eigenvalue weighted by molar-refractivity contribution is 0.117. The Morgan fingerprint density at radius 1 is 1.10 bits per heavy atom. The number of nitrogens with one attached hydrogen (secondary N) is 1. The maximum Gasteiger partial charge on any atom is 0.317 e. The van der Waals surface area contributed by atoms with Gasteiger partial charge in [0.05, 0.1) is 26.5 Å². The number of benzene rings is 2. The predicted molar refractivity (Wildman–Crippen MR) is 113 cm³/mol. The molecule has 0 bridgehead atoms. The number of amides is 2. The molecule has 31 heavy (non-hydrogen) atoms. The van der Waals surface area contributed by atoms with Crippen LogP contribution in [0.15, 0.2) is 54.7 Å². The van der Waals surface area contributed by atoms with Gasteiger partial charge in [-0.3, -0.25) is 0 Å². The molecular formula is C22H25N5O4. The summed E-state index contributed by atoms with van der Waals surface area (Å²) in [6, 6.07) is 15.2. The van der Waals surface area contributed by atoms with Crippen LogP contribution in [-0.2, 0) is 13.2 Å². The van der Waals surface area contributed by atoms with Crippen molar-refractivity contribution >= 4 is 6.03 Å². The molecule has 0 atom stereocenters. The van der Waals surface area contributed by atoms with Gasteiger partial charge in [0, 0.05) is 19.6 Å². The maximum atomic E-state index is 12.4. The van der Waals surface area contributed by atoms with Crippen molar-refractivity contribution in [2.24, 2.45) is 0 Å². The number of aromatic nitrogens is 3. The van der Waals surface area contributed by atoms with Crippen LogP contribution in [0.3, 0.4) is 0 Å². The molecule has 9 heteroatoms. The molecule has 0 radical (unpaired) electrons. The van der Waals surface area contributed by atoms with E-state index in [1.54, 1.807) is 23.8 Å². The molecule has 0 saturated carbocycles. The fourth-order valence-corrected chi connectivity index (χ4v) is 3.30. The first-order chi connectivity index (χ1) is 15.2. The number of likely N-dealkylation sites (tertiary alicyclic amines) is 1. The van der Waals surface area contributed by atoms with Crippen LogP contribution in [0.25, 0.3) is 0 Å². The first-order valence-corrected chi connectivity index (χ1v) is 9.98. The highest BCUT2D eigenvalue weighted by molar-refractivity contribution is 5.75. The van der Waals surface area contributed by atoms with Gasteiger partial charge in [-0.2, -0.15) is 0 Å². The number of rotatable bonds is 8. The number of hydrogen-bond donors (Lipinski definition) is 1. The van der Waals surface area contributed by atoms with Crippen molar-refractivity contribution in [3.63, 3.8) is 0 Å². The summed E-state index contributed by atoms with van der Waals surface area (Å²) in [6.07, 6.45) is 1.87. The highest BCUT2D eigenvalue weighted by Crippen LogP contribution is 2.27. The third-order valence-electron chi connectivity index (χ3n) is 5.10. The van der Waals surface area contributed by atoms with Crippen LogP contribution >= 0.6 is 0 Å². The summed E-state index contributed by atoms with van der Waals surface area (Å²) in [5.41, 5.74) is 1.68. The number of methoxy groups -OCH3 is 2. The van der Waals surface area contributed by atoms with E-state index in [9.17, 15) is 4.79 Å². The summed E-state index contributed by atoms with van der Waals surface area (Å²) in [4.78, 5) is 14.2. The Hall–Kier alpha value is -3.75. The monoisotopic (exact) mass is 423 g/mol. The molecule has 0 spiro atoms. The molecule has 1 aromatic heterocycles. The molecule has 2 heterocycles. The zero-order chi connectivity index (χ0) is 21.6. The highest BCUT2D eigenvalue weighted by atomic mass is 16.5. The van der Waals surface area contributed by atoms with Gasteiger partial charge in [-0.25, -0.2) is 9.48 Å². The minimum atomic E-state index is -0.112. The fourth-order valence-electron chi connectivity index (χ4n) is 3.30. The molecule has 1 N–H and O–H groups in total. The Balaban J connectivity index is 1.23. The zero-order valence-electron chi connectivity index (χ0n) is 17.5. The molecule has 2 amide bonds. The van der Waals surface area contributed by atoms with E-state index in [4.69, 9.17) is 14.2 Å². The molecule has 162 valence electrons. The van der Waals surface area contributed by atoms with Crippen molar-refractivity contribution in [3.8, 4) is 17.2 Å². The largest absolute Gasteiger partial charge is 0.493 e. The molecule has 9 nitrogen and oxygen atoms in total. The lowest BCUT2D eigenvalue weighted by Crippen LogP contribution is -2.54. The van der Waals surface area contributed by atoms with E-state index in [0.29, 0.717) is 37.7 Å². The number of urea groups is 1. The number of hydrogen-bond acceptors (Lipinski definition) is 6. The Morgan fingerprint density at radius 3 is 2.61 bits per heavy atom. The predicted octanol–water partition coefficient (Wildman–Crippen LogP) is 2.64. The number of para-hydroxylation sites is 1. The minimum absolute atomic E-state index is 0.112. The summed E-state index contributed by atoms with van der Waals surface area (Å²) >= 11 is 0. The number of carbonyl (C=O) groups excluding carboxylic acids is 1. The quantitative estimate of drug-likeness (QED) is 0.599. The molecular weight excluding hydrogens is 398 g/mol. The van der Waals surface area contributed by atoms with Crippen LogP contribution in [0.4, 0.5) is 4.79 Å². The average molecular weight is 423 g/mol. The average Bonchev–Trinajstić information content (AvgIpc) is 3.24. The Morgan fingerprint density at radius 2 is 1.87 bits per heavy atom. The smallest absolute Gasteiger partial charge is 0.317 e. The molecule has 4 rings (SSSR count). The molecule has 1 aliphatic heterocycles. The van der Waals surface area contributed by atoms with Crippen LogP contribution < -0.4 is 19.5 Å².